The standard InChI is InChI=1S/C23H28N4O6S/c1-16(23(28)24-21-15-19(27(29)30)7-9-22(21)33-2)25-10-12-26(13-11-25)34(31,32)20-8-6-17-4-3-5-18(17)14-20/h6-9,14-16H,3-5,10-13H2,1-2H3,(H,24,28). The van der Waals surface area contributed by atoms with Crippen LogP contribution >= 0.6 is 0 Å². The van der Waals surface area contributed by atoms with Crippen LogP contribution in [0.25, 0.3) is 0 Å². The molecule has 1 amide bonds. The first kappa shape index (κ1) is 24.1. The number of sulfonamides is 1. The number of aryl methyl sites for hydroxylation is 2. The normalized spacial score (nSPS) is 17.7. The van der Waals surface area contributed by atoms with Crippen molar-refractivity contribution in [1.29, 1.82) is 0 Å². The van der Waals surface area contributed by atoms with Gasteiger partial charge in [-0.1, -0.05) is 6.07 Å². The number of carbonyl (C=O) groups is 1. The molecule has 11 heteroatoms. The molecule has 1 heterocycles. The molecule has 1 unspecified atom stereocenters. The van der Waals surface area contributed by atoms with Gasteiger partial charge in [0.25, 0.3) is 5.69 Å². The number of rotatable bonds is 7. The lowest BCUT2D eigenvalue weighted by atomic mass is 10.1. The summed E-state index contributed by atoms with van der Waals surface area (Å²) in [5.41, 5.74) is 2.39. The van der Waals surface area contributed by atoms with Gasteiger partial charge in [0.2, 0.25) is 15.9 Å². The van der Waals surface area contributed by atoms with Crippen LogP contribution in [0, 0.1) is 10.1 Å². The number of ether oxygens (including phenoxy) is 1. The minimum atomic E-state index is -3.60. The molecule has 1 atom stereocenters. The molecule has 1 aliphatic heterocycles. The lowest BCUT2D eigenvalue weighted by molar-refractivity contribution is -0.384. The van der Waals surface area contributed by atoms with Crippen LogP contribution in [0.2, 0.25) is 0 Å². The monoisotopic (exact) mass is 488 g/mol. The predicted molar refractivity (Wildman–Crippen MR) is 127 cm³/mol. The van der Waals surface area contributed by atoms with Crippen molar-refractivity contribution in [3.8, 4) is 5.75 Å². The van der Waals surface area contributed by atoms with Crippen molar-refractivity contribution in [3.63, 3.8) is 0 Å². The van der Waals surface area contributed by atoms with E-state index in [4.69, 9.17) is 4.74 Å². The molecular weight excluding hydrogens is 460 g/mol. The van der Waals surface area contributed by atoms with E-state index in [1.54, 1.807) is 19.1 Å². The van der Waals surface area contributed by atoms with Crippen LogP contribution in [0.15, 0.2) is 41.3 Å². The lowest BCUT2D eigenvalue weighted by Gasteiger charge is -2.36. The van der Waals surface area contributed by atoms with Gasteiger partial charge in [0, 0.05) is 38.3 Å². The van der Waals surface area contributed by atoms with Crippen molar-refractivity contribution in [2.24, 2.45) is 0 Å². The first-order valence-electron chi connectivity index (χ1n) is 11.2. The van der Waals surface area contributed by atoms with Crippen LogP contribution in [0.3, 0.4) is 0 Å². The SMILES string of the molecule is COc1ccc([N+](=O)[O-])cc1NC(=O)C(C)N1CCN(S(=O)(=O)c2ccc3c(c2)CCC3)CC1. The molecule has 2 aliphatic rings. The number of piperazine rings is 1. The van der Waals surface area contributed by atoms with Crippen LogP contribution in [0.4, 0.5) is 11.4 Å². The summed E-state index contributed by atoms with van der Waals surface area (Å²) in [6.07, 6.45) is 2.96. The third-order valence-corrected chi connectivity index (χ3v) is 8.45. The third-order valence-electron chi connectivity index (χ3n) is 6.56. The molecule has 1 fully saturated rings. The Hall–Kier alpha value is -3.02. The zero-order valence-corrected chi connectivity index (χ0v) is 20.0. The minimum Gasteiger partial charge on any atom is -0.495 e. The number of benzene rings is 2. The van der Waals surface area contributed by atoms with Crippen LogP contribution in [-0.4, -0.2) is 67.8 Å². The number of carbonyl (C=O) groups excluding carboxylic acids is 1. The van der Waals surface area contributed by atoms with E-state index in [1.807, 2.05) is 11.0 Å². The second-order valence-electron chi connectivity index (χ2n) is 8.53. The van der Waals surface area contributed by atoms with Crippen molar-refractivity contribution in [1.82, 2.24) is 9.21 Å². The Morgan fingerprint density at radius 3 is 2.47 bits per heavy atom. The van der Waals surface area contributed by atoms with Crippen molar-refractivity contribution >= 4 is 27.3 Å². The maximum Gasteiger partial charge on any atom is 0.271 e. The van der Waals surface area contributed by atoms with E-state index in [0.29, 0.717) is 23.7 Å². The van der Waals surface area contributed by atoms with Crippen LogP contribution < -0.4 is 10.1 Å². The van der Waals surface area contributed by atoms with Crippen molar-refractivity contribution in [2.75, 3.05) is 38.6 Å². The molecule has 0 spiro atoms. The van der Waals surface area contributed by atoms with Gasteiger partial charge in [-0.2, -0.15) is 4.31 Å². The maximum atomic E-state index is 13.2. The van der Waals surface area contributed by atoms with Gasteiger partial charge in [0.05, 0.1) is 28.7 Å². The fraction of sp³-hybridized carbons (Fsp3) is 0.435. The number of nitro benzene ring substituents is 1. The van der Waals surface area contributed by atoms with Crippen LogP contribution in [-0.2, 0) is 27.7 Å². The number of nitrogens with zero attached hydrogens (tertiary/aromatic N) is 3. The smallest absolute Gasteiger partial charge is 0.271 e. The molecule has 10 nitrogen and oxygen atoms in total. The highest BCUT2D eigenvalue weighted by atomic mass is 32.2. The summed E-state index contributed by atoms with van der Waals surface area (Å²) < 4.78 is 33.0. The van der Waals surface area contributed by atoms with Gasteiger partial charge >= 0.3 is 0 Å². The van der Waals surface area contributed by atoms with E-state index < -0.39 is 21.0 Å². The van der Waals surface area contributed by atoms with Crippen LogP contribution in [0.1, 0.15) is 24.5 Å². The van der Waals surface area contributed by atoms with Crippen LogP contribution in [0.5, 0.6) is 5.75 Å². The molecule has 0 bridgehead atoms. The van der Waals surface area contributed by atoms with Crippen molar-refractivity contribution < 1.29 is 22.9 Å². The van der Waals surface area contributed by atoms with E-state index in [1.165, 1.54) is 35.2 Å². The summed E-state index contributed by atoms with van der Waals surface area (Å²) in [6, 6.07) is 8.83. The summed E-state index contributed by atoms with van der Waals surface area (Å²) in [7, 11) is -2.18. The van der Waals surface area contributed by atoms with E-state index in [-0.39, 0.29) is 30.4 Å². The first-order chi connectivity index (χ1) is 16.2. The van der Waals surface area contributed by atoms with Crippen molar-refractivity contribution in [3.05, 3.63) is 57.6 Å². The Kier molecular flexibility index (Phi) is 6.87. The van der Waals surface area contributed by atoms with E-state index in [9.17, 15) is 23.3 Å². The molecule has 2 aromatic carbocycles. The summed E-state index contributed by atoms with van der Waals surface area (Å²) in [6.45, 7) is 3.06. The zero-order chi connectivity index (χ0) is 24.5. The topological polar surface area (TPSA) is 122 Å². The second-order valence-corrected chi connectivity index (χ2v) is 10.5. The number of anilines is 1. The molecule has 0 aromatic heterocycles. The molecule has 1 N–H and O–H groups in total. The largest absolute Gasteiger partial charge is 0.495 e. The highest BCUT2D eigenvalue weighted by molar-refractivity contribution is 7.89. The summed E-state index contributed by atoms with van der Waals surface area (Å²) in [5, 5.41) is 13.8. The summed E-state index contributed by atoms with van der Waals surface area (Å²) in [5.74, 6) is -0.0369. The minimum absolute atomic E-state index is 0.158. The molecule has 0 radical (unpaired) electrons. The lowest BCUT2D eigenvalue weighted by Crippen LogP contribution is -2.53. The molecule has 0 saturated carbocycles. The van der Waals surface area contributed by atoms with Gasteiger partial charge in [-0.05, 0) is 55.5 Å². The quantitative estimate of drug-likeness (QED) is 0.469. The van der Waals surface area contributed by atoms with Gasteiger partial charge in [0.15, 0.2) is 0 Å². The number of methoxy groups -OCH3 is 1. The fourth-order valence-electron chi connectivity index (χ4n) is 4.50. The van der Waals surface area contributed by atoms with Gasteiger partial charge < -0.3 is 10.1 Å². The van der Waals surface area contributed by atoms with Gasteiger partial charge in [-0.3, -0.25) is 19.8 Å². The van der Waals surface area contributed by atoms with E-state index in [0.717, 1.165) is 24.8 Å². The summed E-state index contributed by atoms with van der Waals surface area (Å²) >= 11 is 0. The van der Waals surface area contributed by atoms with E-state index in [2.05, 4.69) is 5.32 Å². The molecule has 1 saturated heterocycles. The maximum absolute atomic E-state index is 13.2. The Morgan fingerprint density at radius 2 is 1.79 bits per heavy atom. The number of non-ortho nitro benzene ring substituents is 1. The fourth-order valence-corrected chi connectivity index (χ4v) is 5.97. The third kappa shape index (κ3) is 4.77. The molecule has 1 aliphatic carbocycles. The number of amides is 1. The van der Waals surface area contributed by atoms with Crippen molar-refractivity contribution in [2.45, 2.75) is 37.1 Å². The predicted octanol–water partition coefficient (Wildman–Crippen LogP) is 2.43. The number of nitrogens with one attached hydrogen (secondary N) is 1. The molecule has 34 heavy (non-hydrogen) atoms. The highest BCUT2D eigenvalue weighted by Gasteiger charge is 2.32. The summed E-state index contributed by atoms with van der Waals surface area (Å²) in [4.78, 5) is 25.6. The molecular formula is C23H28N4O6S. The molecule has 4 rings (SSSR count). The zero-order valence-electron chi connectivity index (χ0n) is 19.2. The Morgan fingerprint density at radius 1 is 1.09 bits per heavy atom. The number of nitro groups is 1. The highest BCUT2D eigenvalue weighted by Crippen LogP contribution is 2.30. The average molecular weight is 489 g/mol. The Balaban J connectivity index is 1.40. The Labute approximate surface area is 198 Å². The number of fused-ring (bicyclic) bond motifs is 1. The van der Waals surface area contributed by atoms with Gasteiger partial charge in [0.1, 0.15) is 5.75 Å². The Bertz CT molecular complexity index is 1210. The van der Waals surface area contributed by atoms with Gasteiger partial charge in [-0.15, -0.1) is 0 Å². The number of hydrogen-bond donors (Lipinski definition) is 1. The molecule has 2 aromatic rings. The number of hydrogen-bond acceptors (Lipinski definition) is 7. The molecule has 182 valence electrons. The van der Waals surface area contributed by atoms with E-state index >= 15 is 0 Å². The second kappa shape index (κ2) is 9.69. The van der Waals surface area contributed by atoms with Gasteiger partial charge in [-0.25, -0.2) is 8.42 Å². The first-order valence-corrected chi connectivity index (χ1v) is 12.6. The average Bonchev–Trinajstić information content (AvgIpc) is 3.31.